The van der Waals surface area contributed by atoms with Crippen LogP contribution in [0.5, 0.6) is 5.75 Å². The van der Waals surface area contributed by atoms with E-state index in [-0.39, 0.29) is 35.2 Å². The van der Waals surface area contributed by atoms with Crippen LogP contribution < -0.4 is 4.74 Å². The zero-order chi connectivity index (χ0) is 23.5. The molecule has 0 aliphatic heterocycles. The molecule has 9 nitrogen and oxygen atoms in total. The Bertz CT molecular complexity index is 1150. The van der Waals surface area contributed by atoms with Crippen molar-refractivity contribution in [3.05, 3.63) is 69.6 Å². The molecule has 0 saturated heterocycles. The first-order chi connectivity index (χ1) is 15.1. The second-order valence-electron chi connectivity index (χ2n) is 6.45. The number of esters is 1. The van der Waals surface area contributed by atoms with Crippen LogP contribution in [0.1, 0.15) is 41.8 Å². The van der Waals surface area contributed by atoms with Gasteiger partial charge in [-0.1, -0.05) is 17.3 Å². The summed E-state index contributed by atoms with van der Waals surface area (Å²) >= 11 is 0. The van der Waals surface area contributed by atoms with E-state index in [1.807, 2.05) is 0 Å². The molecule has 1 aromatic heterocycles. The van der Waals surface area contributed by atoms with Gasteiger partial charge in [-0.25, -0.2) is 4.79 Å². The van der Waals surface area contributed by atoms with E-state index in [1.165, 1.54) is 31.2 Å². The van der Waals surface area contributed by atoms with Crippen molar-refractivity contribution in [1.29, 1.82) is 0 Å². The van der Waals surface area contributed by atoms with Crippen molar-refractivity contribution in [1.82, 2.24) is 10.1 Å². The average molecular weight is 451 g/mol. The summed E-state index contributed by atoms with van der Waals surface area (Å²) in [5.41, 5.74) is -1.32. The van der Waals surface area contributed by atoms with E-state index in [9.17, 15) is 28.1 Å². The lowest BCUT2D eigenvalue weighted by atomic mass is 10.1. The Balaban J connectivity index is 1.77. The van der Waals surface area contributed by atoms with E-state index in [0.717, 1.165) is 18.2 Å². The Hall–Kier alpha value is -3.96. The molecule has 1 unspecified atom stereocenters. The fourth-order valence-corrected chi connectivity index (χ4v) is 2.70. The molecule has 0 spiro atoms. The molecule has 0 amide bonds. The Morgan fingerprint density at radius 1 is 1.25 bits per heavy atom. The highest BCUT2D eigenvalue weighted by Gasteiger charge is 2.31. The Kier molecular flexibility index (Phi) is 6.42. The predicted molar refractivity (Wildman–Crippen MR) is 103 cm³/mol. The Morgan fingerprint density at radius 2 is 2.00 bits per heavy atom. The molecule has 1 heterocycles. The maximum Gasteiger partial charge on any atom is 0.416 e. The van der Waals surface area contributed by atoms with Crippen molar-refractivity contribution < 1.29 is 36.9 Å². The number of rotatable bonds is 7. The van der Waals surface area contributed by atoms with Gasteiger partial charge in [-0.15, -0.1) is 0 Å². The summed E-state index contributed by atoms with van der Waals surface area (Å²) in [4.78, 5) is 26.9. The summed E-state index contributed by atoms with van der Waals surface area (Å²) in [6.07, 6.45) is -5.61. The summed E-state index contributed by atoms with van der Waals surface area (Å²) in [5, 5.41) is 14.8. The first kappa shape index (κ1) is 22.7. The second kappa shape index (κ2) is 9.04. The zero-order valence-electron chi connectivity index (χ0n) is 16.8. The maximum atomic E-state index is 12.9. The minimum atomic E-state index is -4.54. The summed E-state index contributed by atoms with van der Waals surface area (Å²) in [6, 6.07) is 7.95. The number of nitro groups is 1. The van der Waals surface area contributed by atoms with Crippen molar-refractivity contribution in [2.75, 3.05) is 6.61 Å². The van der Waals surface area contributed by atoms with E-state index in [0.29, 0.717) is 0 Å². The van der Waals surface area contributed by atoms with Gasteiger partial charge in [0.15, 0.2) is 11.9 Å². The lowest BCUT2D eigenvalue weighted by Gasteiger charge is -2.10. The number of carbonyl (C=O) groups excluding carboxylic acids is 1. The van der Waals surface area contributed by atoms with Crippen molar-refractivity contribution >= 4 is 11.7 Å². The maximum absolute atomic E-state index is 12.9. The number of halogens is 3. The number of carbonyl (C=O) groups is 1. The van der Waals surface area contributed by atoms with Gasteiger partial charge in [0.1, 0.15) is 0 Å². The summed E-state index contributed by atoms with van der Waals surface area (Å²) in [7, 11) is 0. The quantitative estimate of drug-likeness (QED) is 0.280. The Labute approximate surface area is 178 Å². The van der Waals surface area contributed by atoms with E-state index < -0.39 is 34.4 Å². The van der Waals surface area contributed by atoms with Crippen LogP contribution in [0.4, 0.5) is 18.9 Å². The molecule has 0 N–H and O–H groups in total. The largest absolute Gasteiger partial charge is 0.487 e. The molecule has 32 heavy (non-hydrogen) atoms. The average Bonchev–Trinajstić information content (AvgIpc) is 3.24. The zero-order valence-corrected chi connectivity index (χ0v) is 16.8. The molecular formula is C20H16F3N3O6. The van der Waals surface area contributed by atoms with Crippen LogP contribution in [-0.2, 0) is 10.9 Å². The standard InChI is InChI=1S/C20H16F3N3O6/c1-3-30-16-8-7-13(10-15(16)26(28)29)19(27)31-11(2)18-24-17(25-32-18)12-5-4-6-14(9-12)20(21,22)23/h4-11H,3H2,1-2H3. The monoisotopic (exact) mass is 451 g/mol. The summed E-state index contributed by atoms with van der Waals surface area (Å²) in [6.45, 7) is 3.27. The van der Waals surface area contributed by atoms with Gasteiger partial charge in [0.05, 0.1) is 22.7 Å². The number of aromatic nitrogens is 2. The van der Waals surface area contributed by atoms with Crippen LogP contribution in [-0.4, -0.2) is 27.6 Å². The minimum absolute atomic E-state index is 0.00438. The SMILES string of the molecule is CCOc1ccc(C(=O)OC(C)c2nc(-c3cccc(C(F)(F)F)c3)no2)cc1[N+](=O)[O-]. The van der Waals surface area contributed by atoms with Gasteiger partial charge < -0.3 is 14.0 Å². The number of ether oxygens (including phenoxy) is 2. The van der Waals surface area contributed by atoms with E-state index in [4.69, 9.17) is 14.0 Å². The molecule has 3 rings (SSSR count). The van der Waals surface area contributed by atoms with Gasteiger partial charge in [0.25, 0.3) is 5.89 Å². The van der Waals surface area contributed by atoms with E-state index in [1.54, 1.807) is 6.92 Å². The molecule has 2 aromatic carbocycles. The van der Waals surface area contributed by atoms with Gasteiger partial charge in [-0.05, 0) is 38.1 Å². The third-order valence-corrected chi connectivity index (χ3v) is 4.21. The topological polar surface area (TPSA) is 118 Å². The first-order valence-corrected chi connectivity index (χ1v) is 9.23. The molecule has 0 fully saturated rings. The summed E-state index contributed by atoms with van der Waals surface area (Å²) in [5.74, 6) is -1.18. The fourth-order valence-electron chi connectivity index (χ4n) is 2.70. The summed E-state index contributed by atoms with van der Waals surface area (Å²) < 4.78 is 54.1. The number of hydrogen-bond donors (Lipinski definition) is 0. The molecule has 0 aliphatic carbocycles. The number of benzene rings is 2. The smallest absolute Gasteiger partial charge is 0.416 e. The van der Waals surface area contributed by atoms with Crippen LogP contribution >= 0.6 is 0 Å². The molecule has 168 valence electrons. The van der Waals surface area contributed by atoms with Gasteiger partial charge in [-0.2, -0.15) is 18.2 Å². The van der Waals surface area contributed by atoms with Crippen molar-refractivity contribution in [2.24, 2.45) is 0 Å². The molecule has 3 aromatic rings. The molecule has 0 radical (unpaired) electrons. The van der Waals surface area contributed by atoms with Gasteiger partial charge >= 0.3 is 17.8 Å². The van der Waals surface area contributed by atoms with Crippen molar-refractivity contribution in [3.8, 4) is 17.1 Å². The van der Waals surface area contributed by atoms with Crippen molar-refractivity contribution in [3.63, 3.8) is 0 Å². The van der Waals surface area contributed by atoms with Gasteiger partial charge in [0, 0.05) is 11.6 Å². The predicted octanol–water partition coefficient (Wildman–Crippen LogP) is 4.98. The highest BCUT2D eigenvalue weighted by Crippen LogP contribution is 2.32. The van der Waals surface area contributed by atoms with E-state index >= 15 is 0 Å². The molecular weight excluding hydrogens is 435 g/mol. The molecule has 12 heteroatoms. The third kappa shape index (κ3) is 5.02. The lowest BCUT2D eigenvalue weighted by Crippen LogP contribution is -2.10. The van der Waals surface area contributed by atoms with Crippen LogP contribution in [0, 0.1) is 10.1 Å². The van der Waals surface area contributed by atoms with Crippen molar-refractivity contribution in [2.45, 2.75) is 26.1 Å². The van der Waals surface area contributed by atoms with Crippen LogP contribution in [0.15, 0.2) is 47.0 Å². The number of nitrogens with zero attached hydrogens (tertiary/aromatic N) is 3. The lowest BCUT2D eigenvalue weighted by molar-refractivity contribution is -0.385. The molecule has 1 atom stereocenters. The fraction of sp³-hybridized carbons (Fsp3) is 0.250. The number of hydrogen-bond acceptors (Lipinski definition) is 8. The number of nitro benzene ring substituents is 1. The van der Waals surface area contributed by atoms with Crippen LogP contribution in [0.25, 0.3) is 11.4 Å². The number of alkyl halides is 3. The highest BCUT2D eigenvalue weighted by atomic mass is 19.4. The van der Waals surface area contributed by atoms with E-state index in [2.05, 4.69) is 10.1 Å². The molecule has 0 saturated carbocycles. The molecule has 0 bridgehead atoms. The highest BCUT2D eigenvalue weighted by molar-refractivity contribution is 5.90. The van der Waals surface area contributed by atoms with Gasteiger partial charge in [0.2, 0.25) is 5.82 Å². The second-order valence-corrected chi connectivity index (χ2v) is 6.45. The first-order valence-electron chi connectivity index (χ1n) is 9.23. The minimum Gasteiger partial charge on any atom is -0.487 e. The van der Waals surface area contributed by atoms with Crippen LogP contribution in [0.2, 0.25) is 0 Å². The Morgan fingerprint density at radius 3 is 2.66 bits per heavy atom. The molecule has 0 aliphatic rings. The normalized spacial score (nSPS) is 12.3. The van der Waals surface area contributed by atoms with Gasteiger partial charge in [-0.3, -0.25) is 10.1 Å². The van der Waals surface area contributed by atoms with Crippen LogP contribution in [0.3, 0.4) is 0 Å². The third-order valence-electron chi connectivity index (χ3n) is 4.21.